The second kappa shape index (κ2) is 6.20. The summed E-state index contributed by atoms with van der Waals surface area (Å²) in [6, 6.07) is 14.7. The molecule has 3 aromatic rings. The van der Waals surface area contributed by atoms with Crippen LogP contribution in [0.25, 0.3) is 10.4 Å². The minimum atomic E-state index is 0.759. The van der Waals surface area contributed by atoms with Crippen molar-refractivity contribution in [2.75, 3.05) is 5.32 Å². The van der Waals surface area contributed by atoms with E-state index in [0.29, 0.717) is 0 Å². The van der Waals surface area contributed by atoms with Crippen LogP contribution in [0, 0.1) is 0 Å². The molecule has 20 heavy (non-hydrogen) atoms. The van der Waals surface area contributed by atoms with Crippen molar-refractivity contribution in [1.82, 2.24) is 4.98 Å². The monoisotopic (exact) mass is 344 g/mol. The van der Waals surface area contributed by atoms with Crippen LogP contribution in [0.15, 0.2) is 64.7 Å². The fraction of sp³-hybridized carbons (Fsp3) is 0.0625. The first kappa shape index (κ1) is 13.3. The molecule has 0 aliphatic rings. The molecule has 0 unspecified atom stereocenters. The van der Waals surface area contributed by atoms with E-state index in [0.717, 1.165) is 22.3 Å². The highest BCUT2D eigenvalue weighted by atomic mass is 79.9. The summed E-state index contributed by atoms with van der Waals surface area (Å²) in [5, 5.41) is 5.59. The summed E-state index contributed by atoms with van der Waals surface area (Å²) in [7, 11) is 0. The van der Waals surface area contributed by atoms with Gasteiger partial charge in [0.2, 0.25) is 0 Å². The van der Waals surface area contributed by atoms with E-state index in [4.69, 9.17) is 0 Å². The number of nitrogens with one attached hydrogen (secondary N) is 1. The maximum atomic E-state index is 4.18. The number of halogens is 1. The van der Waals surface area contributed by atoms with Gasteiger partial charge in [-0.15, -0.1) is 11.3 Å². The van der Waals surface area contributed by atoms with Crippen LogP contribution in [0.4, 0.5) is 5.69 Å². The number of rotatable bonds is 4. The molecule has 2 heterocycles. The molecular weight excluding hydrogens is 332 g/mol. The highest BCUT2D eigenvalue weighted by Crippen LogP contribution is 2.31. The number of anilines is 1. The molecule has 0 amide bonds. The summed E-state index contributed by atoms with van der Waals surface area (Å²) >= 11 is 5.20. The molecule has 0 radical (unpaired) electrons. The molecule has 1 N–H and O–H groups in total. The average Bonchev–Trinajstić information content (AvgIpc) is 3.00. The third-order valence-electron chi connectivity index (χ3n) is 2.96. The van der Waals surface area contributed by atoms with Crippen molar-refractivity contribution in [2.24, 2.45) is 0 Å². The van der Waals surface area contributed by atoms with Crippen molar-refractivity contribution < 1.29 is 0 Å². The summed E-state index contributed by atoms with van der Waals surface area (Å²) in [5.74, 6) is 0. The Kier molecular flexibility index (Phi) is 4.14. The zero-order chi connectivity index (χ0) is 13.8. The smallest absolute Gasteiger partial charge is 0.0430 e. The molecule has 0 saturated carbocycles. The van der Waals surface area contributed by atoms with Crippen LogP contribution < -0.4 is 5.32 Å². The van der Waals surface area contributed by atoms with Crippen LogP contribution >= 0.6 is 27.3 Å². The van der Waals surface area contributed by atoms with E-state index in [-0.39, 0.29) is 0 Å². The lowest BCUT2D eigenvalue weighted by Crippen LogP contribution is -2.01. The Labute approximate surface area is 130 Å². The summed E-state index contributed by atoms with van der Waals surface area (Å²) in [4.78, 5) is 5.46. The minimum Gasteiger partial charge on any atom is -0.380 e. The molecule has 4 heteroatoms. The molecular formula is C16H13BrN2S. The maximum Gasteiger partial charge on any atom is 0.0430 e. The highest BCUT2D eigenvalue weighted by molar-refractivity contribution is 9.10. The van der Waals surface area contributed by atoms with E-state index in [1.54, 1.807) is 17.5 Å². The Balaban J connectivity index is 1.81. The zero-order valence-corrected chi connectivity index (χ0v) is 13.1. The maximum absolute atomic E-state index is 4.18. The lowest BCUT2D eigenvalue weighted by Gasteiger charge is -2.11. The molecule has 0 atom stereocenters. The molecule has 0 fully saturated rings. The van der Waals surface area contributed by atoms with Crippen LogP contribution in [0.5, 0.6) is 0 Å². The Morgan fingerprint density at radius 2 is 2.00 bits per heavy atom. The lowest BCUT2D eigenvalue weighted by atomic mass is 10.1. The molecule has 3 rings (SSSR count). The Hall–Kier alpha value is -1.65. The predicted molar refractivity (Wildman–Crippen MR) is 89.0 cm³/mol. The van der Waals surface area contributed by atoms with Gasteiger partial charge in [-0.05, 0) is 45.1 Å². The number of para-hydroxylation sites is 1. The van der Waals surface area contributed by atoms with Crippen molar-refractivity contribution in [3.63, 3.8) is 0 Å². The van der Waals surface area contributed by atoms with E-state index in [9.17, 15) is 0 Å². The first-order chi connectivity index (χ1) is 9.83. The molecule has 1 aromatic carbocycles. The molecule has 0 aliphatic carbocycles. The molecule has 0 spiro atoms. The van der Waals surface area contributed by atoms with Crippen molar-refractivity contribution >= 4 is 33.0 Å². The van der Waals surface area contributed by atoms with Crippen LogP contribution in [-0.2, 0) is 6.54 Å². The van der Waals surface area contributed by atoms with Crippen molar-refractivity contribution in [2.45, 2.75) is 6.54 Å². The van der Waals surface area contributed by atoms with Gasteiger partial charge in [0, 0.05) is 39.5 Å². The zero-order valence-electron chi connectivity index (χ0n) is 10.7. The Morgan fingerprint density at radius 1 is 1.10 bits per heavy atom. The number of hydrogen-bond donors (Lipinski definition) is 1. The first-order valence-corrected chi connectivity index (χ1v) is 7.96. The number of pyridine rings is 1. The standard InChI is InChI=1S/C16H13BrN2S/c17-13-8-12(9-18-11-13)10-19-15-5-2-1-4-14(15)16-6-3-7-20-16/h1-9,11,19H,10H2. The van der Waals surface area contributed by atoms with Gasteiger partial charge in [0.15, 0.2) is 0 Å². The van der Waals surface area contributed by atoms with E-state index in [1.165, 1.54) is 10.4 Å². The fourth-order valence-electron chi connectivity index (χ4n) is 2.03. The van der Waals surface area contributed by atoms with Crippen LogP contribution in [0.1, 0.15) is 5.56 Å². The Bertz CT molecular complexity index is 695. The number of aromatic nitrogens is 1. The summed E-state index contributed by atoms with van der Waals surface area (Å²) in [6.07, 6.45) is 3.68. The van der Waals surface area contributed by atoms with Crippen LogP contribution in [-0.4, -0.2) is 4.98 Å². The van der Waals surface area contributed by atoms with E-state index < -0.39 is 0 Å². The molecule has 0 saturated heterocycles. The number of thiophene rings is 1. The summed E-state index contributed by atoms with van der Waals surface area (Å²) in [6.45, 7) is 0.759. The SMILES string of the molecule is Brc1cncc(CNc2ccccc2-c2cccs2)c1. The van der Waals surface area contributed by atoms with Gasteiger partial charge in [0.05, 0.1) is 0 Å². The molecule has 0 bridgehead atoms. The van der Waals surface area contributed by atoms with E-state index >= 15 is 0 Å². The second-order valence-electron chi connectivity index (χ2n) is 4.39. The quantitative estimate of drug-likeness (QED) is 0.704. The largest absolute Gasteiger partial charge is 0.380 e. The van der Waals surface area contributed by atoms with Crippen LogP contribution in [0.2, 0.25) is 0 Å². The fourth-order valence-corrected chi connectivity index (χ4v) is 3.21. The Morgan fingerprint density at radius 3 is 2.80 bits per heavy atom. The predicted octanol–water partition coefficient (Wildman–Crippen LogP) is 5.18. The highest BCUT2D eigenvalue weighted by Gasteiger charge is 2.05. The van der Waals surface area contributed by atoms with Crippen LogP contribution in [0.3, 0.4) is 0 Å². The molecule has 100 valence electrons. The van der Waals surface area contributed by atoms with Crippen molar-refractivity contribution in [3.05, 3.63) is 70.3 Å². The van der Waals surface area contributed by atoms with Gasteiger partial charge < -0.3 is 5.32 Å². The van der Waals surface area contributed by atoms with E-state index in [2.05, 4.69) is 74.1 Å². The third kappa shape index (κ3) is 3.08. The number of benzene rings is 1. The number of nitrogens with zero attached hydrogens (tertiary/aromatic N) is 1. The molecule has 2 nitrogen and oxygen atoms in total. The average molecular weight is 345 g/mol. The van der Waals surface area contributed by atoms with E-state index in [1.807, 2.05) is 6.20 Å². The molecule has 0 aliphatic heterocycles. The summed E-state index contributed by atoms with van der Waals surface area (Å²) < 4.78 is 1.00. The minimum absolute atomic E-state index is 0.759. The number of hydrogen-bond acceptors (Lipinski definition) is 3. The normalized spacial score (nSPS) is 10.4. The van der Waals surface area contributed by atoms with Gasteiger partial charge in [0.1, 0.15) is 0 Å². The van der Waals surface area contributed by atoms with Gasteiger partial charge in [0.25, 0.3) is 0 Å². The van der Waals surface area contributed by atoms with Crippen molar-refractivity contribution in [1.29, 1.82) is 0 Å². The van der Waals surface area contributed by atoms with Gasteiger partial charge in [-0.1, -0.05) is 24.3 Å². The third-order valence-corrected chi connectivity index (χ3v) is 4.29. The van der Waals surface area contributed by atoms with Gasteiger partial charge in [-0.3, -0.25) is 4.98 Å². The second-order valence-corrected chi connectivity index (χ2v) is 6.25. The topological polar surface area (TPSA) is 24.9 Å². The summed E-state index contributed by atoms with van der Waals surface area (Å²) in [5.41, 5.74) is 3.54. The molecule has 2 aromatic heterocycles. The van der Waals surface area contributed by atoms with Gasteiger partial charge >= 0.3 is 0 Å². The van der Waals surface area contributed by atoms with Gasteiger partial charge in [-0.25, -0.2) is 0 Å². The van der Waals surface area contributed by atoms with Crippen molar-refractivity contribution in [3.8, 4) is 10.4 Å². The van der Waals surface area contributed by atoms with Gasteiger partial charge in [-0.2, -0.15) is 0 Å². The first-order valence-electron chi connectivity index (χ1n) is 6.29. The lowest BCUT2D eigenvalue weighted by molar-refractivity contribution is 1.11.